The zero-order chi connectivity index (χ0) is 13.7. The SMILES string of the molecule is C1=COCC1.C=C(F)C(O)NC(=O)NC.CC. The summed E-state index contributed by atoms with van der Waals surface area (Å²) in [5, 5.41) is 12.6. The molecule has 3 N–H and O–H groups in total. The van der Waals surface area contributed by atoms with Gasteiger partial charge in [0.2, 0.25) is 0 Å². The molecule has 0 bridgehead atoms. The van der Waals surface area contributed by atoms with Gasteiger partial charge in [0.15, 0.2) is 6.23 Å². The molecule has 1 heterocycles. The van der Waals surface area contributed by atoms with Crippen molar-refractivity contribution in [3.05, 3.63) is 24.7 Å². The Kier molecular flexibility index (Phi) is 13.1. The van der Waals surface area contributed by atoms with Crippen molar-refractivity contribution < 1.29 is 19.0 Å². The van der Waals surface area contributed by atoms with Crippen molar-refractivity contribution in [1.29, 1.82) is 0 Å². The lowest BCUT2D eigenvalue weighted by molar-refractivity contribution is 0.150. The Morgan fingerprint density at radius 2 is 2.18 bits per heavy atom. The minimum Gasteiger partial charge on any atom is -0.501 e. The molecule has 1 aliphatic heterocycles. The van der Waals surface area contributed by atoms with Crippen LogP contribution in [-0.4, -0.2) is 31.0 Å². The molecule has 0 spiro atoms. The van der Waals surface area contributed by atoms with Gasteiger partial charge in [-0.1, -0.05) is 20.4 Å². The van der Waals surface area contributed by atoms with Crippen LogP contribution in [0.15, 0.2) is 24.7 Å². The van der Waals surface area contributed by atoms with E-state index in [1.165, 1.54) is 7.05 Å². The number of amides is 2. The standard InChI is InChI=1S/C5H9FN2O2.C4H6O.C2H6/c1-3(6)4(9)8-5(10)7-2;1-2-4-5-3-1;1-2/h4,9H,1H2,2H3,(H2,7,8,10);1,3H,2,4H2;1-2H3. The molecule has 1 aliphatic rings. The number of carbonyl (C=O) groups is 1. The summed E-state index contributed by atoms with van der Waals surface area (Å²) < 4.78 is 16.7. The van der Waals surface area contributed by atoms with E-state index in [4.69, 9.17) is 9.84 Å². The number of hydrogen-bond donors (Lipinski definition) is 3. The summed E-state index contributed by atoms with van der Waals surface area (Å²) in [6, 6.07) is -0.661. The summed E-state index contributed by atoms with van der Waals surface area (Å²) in [6.07, 6.45) is 3.22. The summed E-state index contributed by atoms with van der Waals surface area (Å²) in [6.45, 7) is 7.67. The van der Waals surface area contributed by atoms with Crippen molar-refractivity contribution in [3.63, 3.8) is 0 Å². The Balaban J connectivity index is 0. The van der Waals surface area contributed by atoms with Crippen LogP contribution < -0.4 is 10.6 Å². The second-order valence-electron chi connectivity index (χ2n) is 2.60. The molecule has 0 aromatic rings. The molecule has 1 rings (SSSR count). The van der Waals surface area contributed by atoms with Gasteiger partial charge in [0.05, 0.1) is 12.9 Å². The summed E-state index contributed by atoms with van der Waals surface area (Å²) in [5.74, 6) is -0.997. The van der Waals surface area contributed by atoms with Gasteiger partial charge < -0.3 is 20.5 Å². The minimum absolute atomic E-state index is 0.661. The number of rotatable bonds is 2. The second-order valence-corrected chi connectivity index (χ2v) is 2.60. The highest BCUT2D eigenvalue weighted by atomic mass is 19.1. The first-order chi connectivity index (χ1) is 8.07. The molecular weight excluding hydrogens is 227 g/mol. The van der Waals surface area contributed by atoms with E-state index >= 15 is 0 Å². The second kappa shape index (κ2) is 12.5. The van der Waals surface area contributed by atoms with Gasteiger partial charge in [-0.15, -0.1) is 0 Å². The first kappa shape index (κ1) is 17.8. The van der Waals surface area contributed by atoms with Crippen LogP contribution in [0.4, 0.5) is 9.18 Å². The van der Waals surface area contributed by atoms with Crippen molar-refractivity contribution in [2.24, 2.45) is 0 Å². The van der Waals surface area contributed by atoms with E-state index in [1.54, 1.807) is 6.26 Å². The lowest BCUT2D eigenvalue weighted by atomic mass is 10.5. The molecule has 2 amide bonds. The van der Waals surface area contributed by atoms with Crippen LogP contribution in [0.3, 0.4) is 0 Å². The third-order valence-electron chi connectivity index (χ3n) is 1.39. The third kappa shape index (κ3) is 12.4. The van der Waals surface area contributed by atoms with Gasteiger partial charge in [0, 0.05) is 13.5 Å². The molecule has 0 aromatic carbocycles. The summed E-state index contributed by atoms with van der Waals surface area (Å²) >= 11 is 0. The number of aliphatic hydroxyl groups excluding tert-OH is 1. The number of aliphatic hydroxyl groups is 1. The fraction of sp³-hybridized carbons (Fsp3) is 0.545. The lowest BCUT2D eigenvalue weighted by Crippen LogP contribution is -2.40. The van der Waals surface area contributed by atoms with Gasteiger partial charge in [-0.05, 0) is 6.08 Å². The van der Waals surface area contributed by atoms with Gasteiger partial charge in [-0.3, -0.25) is 0 Å². The van der Waals surface area contributed by atoms with Gasteiger partial charge in [-0.25, -0.2) is 9.18 Å². The Labute approximate surface area is 101 Å². The molecule has 5 nitrogen and oxygen atoms in total. The van der Waals surface area contributed by atoms with E-state index in [0.717, 1.165) is 13.0 Å². The molecule has 1 atom stereocenters. The molecule has 0 radical (unpaired) electrons. The largest absolute Gasteiger partial charge is 0.501 e. The average Bonchev–Trinajstić information content (AvgIpc) is 2.90. The maximum absolute atomic E-state index is 11.9. The van der Waals surface area contributed by atoms with E-state index < -0.39 is 18.1 Å². The van der Waals surface area contributed by atoms with Crippen LogP contribution >= 0.6 is 0 Å². The molecule has 0 saturated carbocycles. The molecule has 100 valence electrons. The van der Waals surface area contributed by atoms with Gasteiger partial charge in [0.1, 0.15) is 5.83 Å². The molecule has 0 aliphatic carbocycles. The number of ether oxygens (including phenoxy) is 1. The van der Waals surface area contributed by atoms with Crippen molar-refractivity contribution in [2.45, 2.75) is 26.5 Å². The van der Waals surface area contributed by atoms with Gasteiger partial charge >= 0.3 is 6.03 Å². The Hall–Kier alpha value is -1.56. The zero-order valence-electron chi connectivity index (χ0n) is 10.5. The fourth-order valence-corrected chi connectivity index (χ4v) is 0.615. The zero-order valence-corrected chi connectivity index (χ0v) is 10.5. The lowest BCUT2D eigenvalue weighted by Gasteiger charge is -2.08. The number of nitrogens with one attached hydrogen (secondary N) is 2. The van der Waals surface area contributed by atoms with Crippen LogP contribution in [0, 0.1) is 0 Å². The Bertz CT molecular complexity index is 239. The topological polar surface area (TPSA) is 70.6 Å². The first-order valence-electron chi connectivity index (χ1n) is 5.35. The van der Waals surface area contributed by atoms with Crippen LogP contribution in [0.25, 0.3) is 0 Å². The summed E-state index contributed by atoms with van der Waals surface area (Å²) in [4.78, 5) is 10.3. The van der Waals surface area contributed by atoms with Crippen molar-refractivity contribution in [2.75, 3.05) is 13.7 Å². The quantitative estimate of drug-likeness (QED) is 0.651. The Morgan fingerprint density at radius 3 is 2.41 bits per heavy atom. The fourth-order valence-electron chi connectivity index (χ4n) is 0.615. The third-order valence-corrected chi connectivity index (χ3v) is 1.39. The predicted molar refractivity (Wildman–Crippen MR) is 64.9 cm³/mol. The van der Waals surface area contributed by atoms with Crippen LogP contribution in [0.5, 0.6) is 0 Å². The summed E-state index contributed by atoms with van der Waals surface area (Å²) in [5.41, 5.74) is 0. The maximum Gasteiger partial charge on any atom is 0.316 e. The van der Waals surface area contributed by atoms with E-state index in [-0.39, 0.29) is 0 Å². The molecule has 17 heavy (non-hydrogen) atoms. The molecule has 0 aromatic heterocycles. The normalized spacial score (nSPS) is 13.0. The van der Waals surface area contributed by atoms with Crippen molar-refractivity contribution in [1.82, 2.24) is 10.6 Å². The minimum atomic E-state index is -1.63. The smallest absolute Gasteiger partial charge is 0.316 e. The van der Waals surface area contributed by atoms with Crippen molar-refractivity contribution in [3.8, 4) is 0 Å². The predicted octanol–water partition coefficient (Wildman–Crippen LogP) is 1.66. The molecule has 0 fully saturated rings. The number of halogens is 1. The maximum atomic E-state index is 11.9. The number of carbonyl (C=O) groups excluding carboxylic acids is 1. The molecular formula is C11H21FN2O3. The Morgan fingerprint density at radius 1 is 1.59 bits per heavy atom. The van der Waals surface area contributed by atoms with E-state index in [9.17, 15) is 9.18 Å². The highest BCUT2D eigenvalue weighted by molar-refractivity contribution is 5.73. The van der Waals surface area contributed by atoms with Crippen LogP contribution in [0.1, 0.15) is 20.3 Å². The highest BCUT2D eigenvalue weighted by Gasteiger charge is 2.09. The van der Waals surface area contributed by atoms with Crippen LogP contribution in [0.2, 0.25) is 0 Å². The van der Waals surface area contributed by atoms with E-state index in [0.29, 0.717) is 0 Å². The average molecular weight is 248 g/mol. The van der Waals surface area contributed by atoms with E-state index in [1.807, 2.05) is 25.2 Å². The molecule has 1 unspecified atom stereocenters. The highest BCUT2D eigenvalue weighted by Crippen LogP contribution is 1.95. The number of urea groups is 1. The summed E-state index contributed by atoms with van der Waals surface area (Å²) in [7, 11) is 1.35. The monoisotopic (exact) mass is 248 g/mol. The van der Waals surface area contributed by atoms with E-state index in [2.05, 4.69) is 11.9 Å². The van der Waals surface area contributed by atoms with Crippen LogP contribution in [-0.2, 0) is 4.74 Å². The first-order valence-corrected chi connectivity index (χ1v) is 5.35. The van der Waals surface area contributed by atoms with Crippen molar-refractivity contribution >= 4 is 6.03 Å². The van der Waals surface area contributed by atoms with Gasteiger partial charge in [-0.2, -0.15) is 0 Å². The van der Waals surface area contributed by atoms with Gasteiger partial charge in [0.25, 0.3) is 0 Å². The molecule has 6 heteroatoms. The molecule has 0 saturated heterocycles. The number of hydrogen-bond acceptors (Lipinski definition) is 3.